The van der Waals surface area contributed by atoms with Gasteiger partial charge in [0.1, 0.15) is 0 Å². The summed E-state index contributed by atoms with van der Waals surface area (Å²) in [4.78, 5) is 28.7. The standard InChI is InChI=1S/C17H16N4O4/c18-6-1-9-20-14-11-13(21(23)24)2-3-15(14)25-16(17(20)22)10-12-4-7-19-8-5-12/h2-5,7-8,10-11H,1,6,9,18H2/b16-10+. The second-order valence-electron chi connectivity index (χ2n) is 5.40. The zero-order valence-corrected chi connectivity index (χ0v) is 13.3. The fraction of sp³-hybridized carbons (Fsp3) is 0.176. The average Bonchev–Trinajstić information content (AvgIpc) is 2.62. The molecule has 2 N–H and O–H groups in total. The van der Waals surface area contributed by atoms with E-state index in [0.29, 0.717) is 30.9 Å². The van der Waals surface area contributed by atoms with Gasteiger partial charge in [-0.3, -0.25) is 19.9 Å². The van der Waals surface area contributed by atoms with Crippen molar-refractivity contribution in [2.24, 2.45) is 5.73 Å². The van der Waals surface area contributed by atoms with Crippen LogP contribution < -0.4 is 15.4 Å². The van der Waals surface area contributed by atoms with Crippen molar-refractivity contribution in [1.82, 2.24) is 4.98 Å². The number of hydrogen-bond donors (Lipinski definition) is 1. The van der Waals surface area contributed by atoms with Crippen molar-refractivity contribution in [3.05, 3.63) is 64.2 Å². The van der Waals surface area contributed by atoms with E-state index in [1.54, 1.807) is 30.6 Å². The third kappa shape index (κ3) is 3.48. The van der Waals surface area contributed by atoms with Gasteiger partial charge in [0.15, 0.2) is 11.5 Å². The third-order valence-corrected chi connectivity index (χ3v) is 3.71. The first kappa shape index (κ1) is 16.6. The zero-order chi connectivity index (χ0) is 17.8. The van der Waals surface area contributed by atoms with Crippen molar-refractivity contribution in [2.45, 2.75) is 6.42 Å². The van der Waals surface area contributed by atoms with Gasteiger partial charge in [0.05, 0.1) is 10.6 Å². The Morgan fingerprint density at radius 2 is 2.04 bits per heavy atom. The second-order valence-corrected chi connectivity index (χ2v) is 5.40. The van der Waals surface area contributed by atoms with Crippen LogP contribution in [0.15, 0.2) is 48.5 Å². The molecular formula is C17H16N4O4. The molecule has 128 valence electrons. The molecule has 25 heavy (non-hydrogen) atoms. The van der Waals surface area contributed by atoms with Crippen molar-refractivity contribution < 1.29 is 14.5 Å². The van der Waals surface area contributed by atoms with Gasteiger partial charge in [-0.05, 0) is 42.8 Å². The lowest BCUT2D eigenvalue weighted by Gasteiger charge is -2.30. The Morgan fingerprint density at radius 1 is 1.28 bits per heavy atom. The largest absolute Gasteiger partial charge is 0.449 e. The van der Waals surface area contributed by atoms with Crippen molar-refractivity contribution >= 4 is 23.4 Å². The smallest absolute Gasteiger partial charge is 0.294 e. The molecule has 1 aromatic carbocycles. The molecular weight excluding hydrogens is 324 g/mol. The van der Waals surface area contributed by atoms with E-state index in [-0.39, 0.29) is 17.4 Å². The number of hydrogen-bond acceptors (Lipinski definition) is 6. The molecule has 0 saturated heterocycles. The maximum atomic E-state index is 12.8. The maximum absolute atomic E-state index is 12.8. The Balaban J connectivity index is 2.03. The Bertz CT molecular complexity index is 836. The molecule has 8 nitrogen and oxygen atoms in total. The molecule has 1 aliphatic heterocycles. The molecule has 3 rings (SSSR count). The fourth-order valence-corrected chi connectivity index (χ4v) is 2.49. The van der Waals surface area contributed by atoms with Crippen LogP contribution in [0, 0.1) is 10.1 Å². The maximum Gasteiger partial charge on any atom is 0.294 e. The number of nitro benzene ring substituents is 1. The van der Waals surface area contributed by atoms with Crippen LogP contribution in [0.2, 0.25) is 0 Å². The minimum Gasteiger partial charge on any atom is -0.449 e. The molecule has 2 heterocycles. The number of ether oxygens (including phenoxy) is 1. The van der Waals surface area contributed by atoms with E-state index in [4.69, 9.17) is 10.5 Å². The lowest BCUT2D eigenvalue weighted by atomic mass is 10.1. The summed E-state index contributed by atoms with van der Waals surface area (Å²) >= 11 is 0. The zero-order valence-electron chi connectivity index (χ0n) is 13.3. The lowest BCUT2D eigenvalue weighted by molar-refractivity contribution is -0.384. The molecule has 0 saturated carbocycles. The van der Waals surface area contributed by atoms with Crippen molar-refractivity contribution in [3.63, 3.8) is 0 Å². The van der Waals surface area contributed by atoms with Crippen molar-refractivity contribution in [2.75, 3.05) is 18.0 Å². The van der Waals surface area contributed by atoms with Gasteiger partial charge in [-0.15, -0.1) is 0 Å². The molecule has 8 heteroatoms. The van der Waals surface area contributed by atoms with E-state index in [1.165, 1.54) is 23.1 Å². The van der Waals surface area contributed by atoms with Crippen LogP contribution in [0.1, 0.15) is 12.0 Å². The van der Waals surface area contributed by atoms with Gasteiger partial charge in [0.25, 0.3) is 11.6 Å². The molecule has 2 aromatic rings. The van der Waals surface area contributed by atoms with Crippen LogP contribution in [0.5, 0.6) is 5.75 Å². The Kier molecular flexibility index (Phi) is 4.71. The van der Waals surface area contributed by atoms with Gasteiger partial charge < -0.3 is 15.4 Å². The molecule has 0 spiro atoms. The molecule has 0 atom stereocenters. The Labute approximate surface area is 143 Å². The predicted molar refractivity (Wildman–Crippen MR) is 92.0 cm³/mol. The van der Waals surface area contributed by atoms with E-state index in [1.807, 2.05) is 0 Å². The molecule has 0 fully saturated rings. The number of amides is 1. The Morgan fingerprint density at radius 3 is 2.72 bits per heavy atom. The topological polar surface area (TPSA) is 112 Å². The number of nitrogens with two attached hydrogens (primary N) is 1. The molecule has 1 aromatic heterocycles. The van der Waals surface area contributed by atoms with Crippen LogP contribution in [-0.2, 0) is 4.79 Å². The molecule has 0 bridgehead atoms. The number of benzene rings is 1. The van der Waals surface area contributed by atoms with Crippen molar-refractivity contribution in [3.8, 4) is 5.75 Å². The number of fused-ring (bicyclic) bond motifs is 1. The first-order valence-corrected chi connectivity index (χ1v) is 7.70. The first-order chi connectivity index (χ1) is 12.1. The van der Waals surface area contributed by atoms with Gasteiger partial charge in [-0.2, -0.15) is 0 Å². The van der Waals surface area contributed by atoms with Gasteiger partial charge in [-0.25, -0.2) is 0 Å². The Hall–Kier alpha value is -3.26. The summed E-state index contributed by atoms with van der Waals surface area (Å²) in [6.07, 6.45) is 5.41. The van der Waals surface area contributed by atoms with Gasteiger partial charge in [0, 0.05) is 31.1 Å². The quantitative estimate of drug-likeness (QED) is 0.507. The number of pyridine rings is 1. The van der Waals surface area contributed by atoms with Gasteiger partial charge in [-0.1, -0.05) is 0 Å². The number of aromatic nitrogens is 1. The lowest BCUT2D eigenvalue weighted by Crippen LogP contribution is -2.38. The van der Waals surface area contributed by atoms with E-state index in [9.17, 15) is 14.9 Å². The van der Waals surface area contributed by atoms with Crippen LogP contribution >= 0.6 is 0 Å². The molecule has 0 unspecified atom stereocenters. The third-order valence-electron chi connectivity index (χ3n) is 3.71. The van der Waals surface area contributed by atoms with Crippen molar-refractivity contribution in [1.29, 1.82) is 0 Å². The first-order valence-electron chi connectivity index (χ1n) is 7.70. The summed E-state index contributed by atoms with van der Waals surface area (Å²) in [6, 6.07) is 7.68. The minimum absolute atomic E-state index is 0.102. The monoisotopic (exact) mass is 340 g/mol. The number of nitrogens with zero attached hydrogens (tertiary/aromatic N) is 3. The summed E-state index contributed by atoms with van der Waals surface area (Å²) in [6.45, 7) is 0.749. The number of rotatable bonds is 5. The van der Waals surface area contributed by atoms with Crippen LogP contribution in [0.4, 0.5) is 11.4 Å². The summed E-state index contributed by atoms with van der Waals surface area (Å²) in [7, 11) is 0. The highest BCUT2D eigenvalue weighted by Crippen LogP contribution is 2.38. The summed E-state index contributed by atoms with van der Waals surface area (Å²) in [5, 5.41) is 11.0. The molecule has 0 radical (unpaired) electrons. The van der Waals surface area contributed by atoms with E-state index >= 15 is 0 Å². The predicted octanol–water partition coefficient (Wildman–Crippen LogP) is 2.11. The number of carbonyl (C=O) groups excluding carboxylic acids is 1. The summed E-state index contributed by atoms with van der Waals surface area (Å²) in [5.74, 6) is 0.172. The minimum atomic E-state index is -0.506. The van der Waals surface area contributed by atoms with Crippen LogP contribution in [0.3, 0.4) is 0 Å². The molecule has 0 aliphatic carbocycles. The number of anilines is 1. The number of non-ortho nitro benzene ring substituents is 1. The SMILES string of the molecule is NCCCN1C(=O)/C(=C\c2ccncc2)Oc2ccc([N+](=O)[O-])cc21. The van der Waals surface area contributed by atoms with E-state index in [2.05, 4.69) is 4.98 Å². The molecule has 1 aliphatic rings. The second kappa shape index (κ2) is 7.10. The highest BCUT2D eigenvalue weighted by atomic mass is 16.6. The summed E-state index contributed by atoms with van der Waals surface area (Å²) in [5.41, 5.74) is 6.59. The fourth-order valence-electron chi connectivity index (χ4n) is 2.49. The van der Waals surface area contributed by atoms with E-state index in [0.717, 1.165) is 5.56 Å². The molecule has 1 amide bonds. The summed E-state index contributed by atoms with van der Waals surface area (Å²) < 4.78 is 5.69. The van der Waals surface area contributed by atoms with Gasteiger partial charge >= 0.3 is 0 Å². The van der Waals surface area contributed by atoms with Crippen LogP contribution in [0.25, 0.3) is 6.08 Å². The van der Waals surface area contributed by atoms with Crippen LogP contribution in [-0.4, -0.2) is 28.9 Å². The van der Waals surface area contributed by atoms with E-state index < -0.39 is 4.92 Å². The number of nitro groups is 1. The average molecular weight is 340 g/mol. The normalized spacial score (nSPS) is 15.0. The van der Waals surface area contributed by atoms with Gasteiger partial charge in [0.2, 0.25) is 0 Å². The highest BCUT2D eigenvalue weighted by Gasteiger charge is 2.31. The number of carbonyl (C=O) groups is 1. The highest BCUT2D eigenvalue weighted by molar-refractivity contribution is 6.10.